The molecule has 80 valence electrons. The van der Waals surface area contributed by atoms with Crippen LogP contribution in [0.4, 0.5) is 0 Å². The van der Waals surface area contributed by atoms with Gasteiger partial charge < -0.3 is 4.90 Å². The Morgan fingerprint density at radius 2 is 2.07 bits per heavy atom. The number of amides is 1. The first-order valence-corrected chi connectivity index (χ1v) is 6.05. The van der Waals surface area contributed by atoms with Crippen molar-refractivity contribution in [3.63, 3.8) is 0 Å². The van der Waals surface area contributed by atoms with Gasteiger partial charge >= 0.3 is 0 Å². The number of nitrogens with zero attached hydrogens (tertiary/aromatic N) is 1. The molecule has 3 heteroatoms. The second-order valence-electron chi connectivity index (χ2n) is 4.69. The molecular weight excluding hydrogens is 198 g/mol. The molecule has 2 aliphatic rings. The summed E-state index contributed by atoms with van der Waals surface area (Å²) < 4.78 is 0. The molecule has 1 saturated carbocycles. The van der Waals surface area contributed by atoms with Gasteiger partial charge in [-0.25, -0.2) is 0 Å². The number of piperidine rings is 1. The predicted molar refractivity (Wildman–Crippen MR) is 57.3 cm³/mol. The van der Waals surface area contributed by atoms with Crippen molar-refractivity contribution < 1.29 is 4.79 Å². The van der Waals surface area contributed by atoms with Crippen LogP contribution in [0.2, 0.25) is 0 Å². The van der Waals surface area contributed by atoms with Crippen molar-refractivity contribution in [2.45, 2.75) is 38.0 Å². The first-order valence-electron chi connectivity index (χ1n) is 5.61. The first kappa shape index (κ1) is 10.3. The van der Waals surface area contributed by atoms with E-state index < -0.39 is 0 Å². The van der Waals surface area contributed by atoms with Crippen molar-refractivity contribution in [3.8, 4) is 0 Å². The number of hydrogen-bond donors (Lipinski definition) is 0. The van der Waals surface area contributed by atoms with Gasteiger partial charge in [0.1, 0.15) is 0 Å². The van der Waals surface area contributed by atoms with Crippen LogP contribution >= 0.6 is 11.6 Å². The summed E-state index contributed by atoms with van der Waals surface area (Å²) in [5.41, 5.74) is 0. The number of likely N-dealkylation sites (tertiary alicyclic amines) is 1. The Hall–Kier alpha value is -0.240. The largest absolute Gasteiger partial charge is 0.342 e. The van der Waals surface area contributed by atoms with E-state index in [1.165, 1.54) is 6.42 Å². The normalized spacial score (nSPS) is 34.0. The monoisotopic (exact) mass is 215 g/mol. The maximum Gasteiger partial charge on any atom is 0.225 e. The van der Waals surface area contributed by atoms with E-state index in [9.17, 15) is 4.79 Å². The van der Waals surface area contributed by atoms with E-state index in [0.29, 0.717) is 17.7 Å². The van der Waals surface area contributed by atoms with Crippen LogP contribution in [0.5, 0.6) is 0 Å². The molecule has 0 bridgehead atoms. The minimum absolute atomic E-state index is 0.264. The Balaban J connectivity index is 1.88. The molecule has 0 aromatic rings. The molecule has 1 aliphatic carbocycles. The van der Waals surface area contributed by atoms with Gasteiger partial charge in [-0.3, -0.25) is 4.79 Å². The van der Waals surface area contributed by atoms with Gasteiger partial charge in [0, 0.05) is 24.4 Å². The van der Waals surface area contributed by atoms with Gasteiger partial charge in [-0.1, -0.05) is 13.3 Å². The molecule has 0 N–H and O–H groups in total. The number of carbonyl (C=O) groups is 1. The van der Waals surface area contributed by atoms with Gasteiger partial charge in [-0.05, 0) is 25.2 Å². The Kier molecular flexibility index (Phi) is 3.01. The number of halogens is 1. The second kappa shape index (κ2) is 4.09. The molecule has 0 aromatic heterocycles. The molecule has 0 aromatic carbocycles. The number of carbonyl (C=O) groups excluding carboxylic acids is 1. The molecule has 2 unspecified atom stereocenters. The van der Waals surface area contributed by atoms with Crippen LogP contribution in [0.1, 0.15) is 32.6 Å². The topological polar surface area (TPSA) is 20.3 Å². The van der Waals surface area contributed by atoms with E-state index in [0.717, 1.165) is 32.4 Å². The smallest absolute Gasteiger partial charge is 0.225 e. The highest BCUT2D eigenvalue weighted by molar-refractivity contribution is 6.20. The molecular formula is C11H18ClNO. The summed E-state index contributed by atoms with van der Waals surface area (Å²) in [6.07, 6.45) is 4.40. The predicted octanol–water partition coefficient (Wildman–Crippen LogP) is 2.26. The van der Waals surface area contributed by atoms with Gasteiger partial charge in [0.2, 0.25) is 5.91 Å². The van der Waals surface area contributed by atoms with Crippen molar-refractivity contribution in [1.82, 2.24) is 4.90 Å². The summed E-state index contributed by atoms with van der Waals surface area (Å²) in [4.78, 5) is 13.9. The molecule has 2 nitrogen and oxygen atoms in total. The molecule has 1 aliphatic heterocycles. The molecule has 1 heterocycles. The van der Waals surface area contributed by atoms with Crippen LogP contribution in [0.15, 0.2) is 0 Å². The quantitative estimate of drug-likeness (QED) is 0.615. The van der Waals surface area contributed by atoms with Crippen LogP contribution in [-0.4, -0.2) is 29.3 Å². The maximum absolute atomic E-state index is 11.9. The van der Waals surface area contributed by atoms with E-state index in [1.54, 1.807) is 0 Å². The minimum atomic E-state index is 0.264. The van der Waals surface area contributed by atoms with E-state index in [4.69, 9.17) is 11.6 Å². The van der Waals surface area contributed by atoms with Gasteiger partial charge in [-0.15, -0.1) is 11.6 Å². The Morgan fingerprint density at radius 3 is 2.57 bits per heavy atom. The molecule has 1 saturated heterocycles. The Bertz CT molecular complexity index is 227. The summed E-state index contributed by atoms with van der Waals surface area (Å²) in [5, 5.41) is 0.264. The van der Waals surface area contributed by atoms with Gasteiger partial charge in [0.05, 0.1) is 0 Å². The number of rotatable bonds is 1. The van der Waals surface area contributed by atoms with Gasteiger partial charge in [0.25, 0.3) is 0 Å². The van der Waals surface area contributed by atoms with E-state index in [2.05, 4.69) is 6.92 Å². The van der Waals surface area contributed by atoms with Crippen LogP contribution in [-0.2, 0) is 4.79 Å². The molecule has 2 atom stereocenters. The van der Waals surface area contributed by atoms with Gasteiger partial charge in [-0.2, -0.15) is 0 Å². The van der Waals surface area contributed by atoms with Crippen LogP contribution < -0.4 is 0 Å². The SMILES string of the molecule is CC1CN(C(=O)C2CCC2)CCC1Cl. The van der Waals surface area contributed by atoms with Crippen LogP contribution in [0.25, 0.3) is 0 Å². The maximum atomic E-state index is 11.9. The second-order valence-corrected chi connectivity index (χ2v) is 5.25. The third kappa shape index (κ3) is 1.90. The summed E-state index contributed by atoms with van der Waals surface area (Å²) >= 11 is 6.13. The van der Waals surface area contributed by atoms with E-state index >= 15 is 0 Å². The summed E-state index contributed by atoms with van der Waals surface area (Å²) in [5.74, 6) is 1.18. The van der Waals surface area contributed by atoms with E-state index in [1.807, 2.05) is 4.90 Å². The number of alkyl halides is 1. The fourth-order valence-corrected chi connectivity index (χ4v) is 2.41. The zero-order valence-corrected chi connectivity index (χ0v) is 9.46. The summed E-state index contributed by atoms with van der Waals surface area (Å²) in [7, 11) is 0. The van der Waals surface area contributed by atoms with Crippen molar-refractivity contribution in [2.24, 2.45) is 11.8 Å². The zero-order chi connectivity index (χ0) is 10.1. The fourth-order valence-electron chi connectivity index (χ4n) is 2.23. The molecule has 1 amide bonds. The third-order valence-corrected chi connectivity index (χ3v) is 4.22. The van der Waals surface area contributed by atoms with Crippen LogP contribution in [0.3, 0.4) is 0 Å². The highest BCUT2D eigenvalue weighted by Crippen LogP contribution is 2.30. The minimum Gasteiger partial charge on any atom is -0.342 e. The standard InChI is InChI=1S/C11H18ClNO/c1-8-7-13(6-5-10(8)12)11(14)9-3-2-4-9/h8-10H,2-7H2,1H3. The molecule has 14 heavy (non-hydrogen) atoms. The lowest BCUT2D eigenvalue weighted by Crippen LogP contribution is -2.47. The summed E-state index contributed by atoms with van der Waals surface area (Å²) in [6, 6.07) is 0. The molecule has 2 rings (SSSR count). The average Bonchev–Trinajstić information content (AvgIpc) is 2.06. The zero-order valence-electron chi connectivity index (χ0n) is 8.71. The lowest BCUT2D eigenvalue weighted by molar-refractivity contribution is -0.139. The highest BCUT2D eigenvalue weighted by atomic mass is 35.5. The van der Waals surface area contributed by atoms with E-state index in [-0.39, 0.29) is 5.38 Å². The Morgan fingerprint density at radius 1 is 1.36 bits per heavy atom. The summed E-state index contributed by atoms with van der Waals surface area (Å²) in [6.45, 7) is 3.87. The van der Waals surface area contributed by atoms with Crippen molar-refractivity contribution in [3.05, 3.63) is 0 Å². The third-order valence-electron chi connectivity index (χ3n) is 3.57. The number of hydrogen-bond acceptors (Lipinski definition) is 1. The van der Waals surface area contributed by atoms with Crippen molar-refractivity contribution >= 4 is 17.5 Å². The molecule has 0 radical (unpaired) electrons. The van der Waals surface area contributed by atoms with Crippen LogP contribution in [0, 0.1) is 11.8 Å². The van der Waals surface area contributed by atoms with Crippen molar-refractivity contribution in [1.29, 1.82) is 0 Å². The van der Waals surface area contributed by atoms with Gasteiger partial charge in [0.15, 0.2) is 0 Å². The lowest BCUT2D eigenvalue weighted by Gasteiger charge is -2.38. The Labute approximate surface area is 90.6 Å². The fraction of sp³-hybridized carbons (Fsp3) is 0.909. The highest BCUT2D eigenvalue weighted by Gasteiger charge is 2.33. The lowest BCUT2D eigenvalue weighted by atomic mass is 9.83. The molecule has 2 fully saturated rings. The average molecular weight is 216 g/mol. The first-order chi connectivity index (χ1) is 6.68. The van der Waals surface area contributed by atoms with Crippen molar-refractivity contribution in [2.75, 3.05) is 13.1 Å². The molecule has 0 spiro atoms.